The summed E-state index contributed by atoms with van der Waals surface area (Å²) in [5.74, 6) is 0.268. The summed E-state index contributed by atoms with van der Waals surface area (Å²) in [6.45, 7) is 16.0. The number of aromatic nitrogens is 1. The lowest BCUT2D eigenvalue weighted by atomic mass is 9.44. The first-order valence-corrected chi connectivity index (χ1v) is 19.2. The Morgan fingerprint density at radius 3 is 2.29 bits per heavy atom. The number of unbranched alkanes of at least 4 members (excludes halogenated alkanes) is 9. The first-order chi connectivity index (χ1) is 21.5. The highest BCUT2D eigenvalue weighted by Gasteiger charge is 2.68. The van der Waals surface area contributed by atoms with Gasteiger partial charge in [0.25, 0.3) is 0 Å². The maximum absolute atomic E-state index is 13.6. The Bertz CT molecular complexity index is 1140. The van der Waals surface area contributed by atoms with Crippen LogP contribution in [0, 0.1) is 34.0 Å². The van der Waals surface area contributed by atoms with Crippen molar-refractivity contribution in [1.29, 1.82) is 0 Å². The van der Waals surface area contributed by atoms with Crippen molar-refractivity contribution in [2.45, 2.75) is 155 Å². The molecule has 1 N–H and O–H groups in total. The van der Waals surface area contributed by atoms with E-state index >= 15 is 0 Å². The van der Waals surface area contributed by atoms with E-state index in [4.69, 9.17) is 4.74 Å². The van der Waals surface area contributed by atoms with Crippen molar-refractivity contribution in [3.8, 4) is 0 Å². The molecule has 2 bridgehead atoms. The van der Waals surface area contributed by atoms with E-state index in [-0.39, 0.29) is 40.7 Å². The molecule has 1 heterocycles. The van der Waals surface area contributed by atoms with Crippen molar-refractivity contribution in [2.24, 2.45) is 34.0 Å². The molecule has 45 heavy (non-hydrogen) atoms. The van der Waals surface area contributed by atoms with E-state index in [0.717, 1.165) is 30.7 Å². The number of pyridine rings is 1. The molecule has 1 aromatic rings. The molecule has 3 saturated carbocycles. The van der Waals surface area contributed by atoms with Crippen LogP contribution in [-0.4, -0.2) is 34.8 Å². The van der Waals surface area contributed by atoms with Gasteiger partial charge in [-0.1, -0.05) is 92.1 Å². The van der Waals surface area contributed by atoms with Crippen LogP contribution in [0.15, 0.2) is 42.1 Å². The molecule has 3 fully saturated rings. The molecule has 0 radical (unpaired) electrons. The number of aliphatic hydroxyl groups is 1. The van der Waals surface area contributed by atoms with Gasteiger partial charge in [0.05, 0.1) is 11.9 Å². The molecule has 3 aliphatic rings. The van der Waals surface area contributed by atoms with Crippen molar-refractivity contribution < 1.29 is 24.0 Å². The molecule has 6 heteroatoms. The lowest BCUT2D eigenvalue weighted by molar-refractivity contribution is -0.697. The van der Waals surface area contributed by atoms with Gasteiger partial charge in [0.15, 0.2) is 12.4 Å². The fourth-order valence-electron chi connectivity index (χ4n) is 9.31. The minimum absolute atomic E-state index is 0.0260. The Balaban J connectivity index is 1.32. The zero-order chi connectivity index (χ0) is 32.7. The molecule has 0 saturated heterocycles. The first kappa shape index (κ1) is 36.2. The molecule has 0 amide bonds. The lowest BCUT2D eigenvalue weighted by Crippen LogP contribution is -2.63. The van der Waals surface area contributed by atoms with Crippen LogP contribution in [0.4, 0.5) is 0 Å². The molecule has 252 valence electrons. The molecule has 5 nitrogen and oxygen atoms in total. The average molecular weight is 641 g/mol. The third-order valence-electron chi connectivity index (χ3n) is 12.6. The number of carbonyl (C=O) groups excluding carboxylic acids is 2. The topological polar surface area (TPSA) is 67.5 Å². The van der Waals surface area contributed by atoms with Gasteiger partial charge in [-0.2, -0.15) is 0 Å². The molecule has 0 spiro atoms. The maximum Gasteiger partial charge on any atom is 0.316 e. The van der Waals surface area contributed by atoms with Crippen LogP contribution in [0.1, 0.15) is 131 Å². The number of carbonyl (C=O) groups is 2. The molecular formula is C39H62NO4S+. The van der Waals surface area contributed by atoms with E-state index in [9.17, 15) is 14.7 Å². The Morgan fingerprint density at radius 1 is 1.04 bits per heavy atom. The molecule has 0 aliphatic heterocycles. The summed E-state index contributed by atoms with van der Waals surface area (Å²) in [6.07, 6.45) is 22.1. The molecule has 0 unspecified atom stereocenters. The first-order valence-electron chi connectivity index (χ1n) is 18.2. The van der Waals surface area contributed by atoms with Gasteiger partial charge in [-0.3, -0.25) is 9.59 Å². The smallest absolute Gasteiger partial charge is 0.316 e. The number of nitrogens with zero attached hydrogens (tertiary/aromatic N) is 1. The number of aliphatic hydroxyl groups excluding tert-OH is 1. The van der Waals surface area contributed by atoms with Gasteiger partial charge < -0.3 is 9.84 Å². The predicted octanol–water partition coefficient (Wildman–Crippen LogP) is 8.89. The van der Waals surface area contributed by atoms with Gasteiger partial charge in [0, 0.05) is 46.6 Å². The van der Waals surface area contributed by atoms with Gasteiger partial charge in [-0.25, -0.2) is 4.57 Å². The standard InChI is InChI=1S/C39H62NO4S/c1-7-9-10-11-12-13-14-15-16-17-24-40-25-20-31(21-26-40)45-28-34(42)44-33-27-37(5,8-2)36(43)30(4)39-22-18-29(3)38(33,6)35(39)32(41)19-23-39/h8,20-21,25-26,29-30,33,35-36,43H,2,7,9-19,22-24,27-28H2,1,3-6H3/q+1/t29-,30+,33-,35+,36+,37-,38+,39+/m1/s1. The third kappa shape index (κ3) is 7.91. The summed E-state index contributed by atoms with van der Waals surface area (Å²) < 4.78 is 8.64. The average Bonchev–Trinajstić information content (AvgIpc) is 3.39. The molecular weight excluding hydrogens is 578 g/mol. The summed E-state index contributed by atoms with van der Waals surface area (Å²) in [5.41, 5.74) is -1.34. The zero-order valence-corrected chi connectivity index (χ0v) is 29.8. The normalized spacial score (nSPS) is 34.5. The van der Waals surface area contributed by atoms with E-state index in [1.54, 1.807) is 0 Å². The highest BCUT2D eigenvalue weighted by molar-refractivity contribution is 8.00. The van der Waals surface area contributed by atoms with Gasteiger partial charge in [0.2, 0.25) is 0 Å². The highest BCUT2D eigenvalue weighted by atomic mass is 32.2. The minimum Gasteiger partial charge on any atom is -0.461 e. The van der Waals surface area contributed by atoms with Crippen LogP contribution in [0.25, 0.3) is 0 Å². The Kier molecular flexibility index (Phi) is 12.8. The van der Waals surface area contributed by atoms with Crippen molar-refractivity contribution in [3.63, 3.8) is 0 Å². The SMILES string of the molecule is C=C[C@]1(C)C[C@@H](OC(=O)CSc2cc[n+](CCCCCCCCCCCC)cc2)[C@]2(C)[C@H](C)CC[C@]3(CCC(=O)[C@H]32)[C@@H](C)[C@@H]1O. The fraction of sp³-hybridized carbons (Fsp3) is 0.769. The lowest BCUT2D eigenvalue weighted by Gasteiger charge is -2.61. The zero-order valence-electron chi connectivity index (χ0n) is 29.0. The van der Waals surface area contributed by atoms with E-state index < -0.39 is 23.0 Å². The van der Waals surface area contributed by atoms with Crippen molar-refractivity contribution in [1.82, 2.24) is 0 Å². The van der Waals surface area contributed by atoms with Gasteiger partial charge in [0.1, 0.15) is 18.4 Å². The monoisotopic (exact) mass is 640 g/mol. The molecule has 4 rings (SSSR count). The van der Waals surface area contributed by atoms with Crippen LogP contribution in [0.3, 0.4) is 0 Å². The second-order valence-electron chi connectivity index (χ2n) is 15.3. The molecule has 3 aliphatic carbocycles. The Morgan fingerprint density at radius 2 is 1.67 bits per heavy atom. The number of ketones is 1. The van der Waals surface area contributed by atoms with Crippen LogP contribution in [-0.2, 0) is 20.9 Å². The number of aryl methyl sites for hydroxylation is 1. The molecule has 0 aromatic carbocycles. The summed E-state index contributed by atoms with van der Waals surface area (Å²) >= 11 is 1.50. The molecule has 8 atom stereocenters. The van der Waals surface area contributed by atoms with Crippen LogP contribution < -0.4 is 4.57 Å². The molecule has 1 aromatic heterocycles. The Hall–Kier alpha value is -1.66. The van der Waals surface area contributed by atoms with E-state index in [1.807, 2.05) is 13.0 Å². The third-order valence-corrected chi connectivity index (χ3v) is 13.5. The predicted molar refractivity (Wildman–Crippen MR) is 184 cm³/mol. The van der Waals surface area contributed by atoms with E-state index in [1.165, 1.54) is 76.0 Å². The summed E-state index contributed by atoms with van der Waals surface area (Å²) in [4.78, 5) is 28.1. The maximum atomic E-state index is 13.6. The van der Waals surface area contributed by atoms with E-state index in [0.29, 0.717) is 12.8 Å². The number of Topliss-reactive ketones (excluding diaryl/α,β-unsaturated/α-hetero) is 1. The van der Waals surface area contributed by atoms with Crippen LogP contribution in [0.5, 0.6) is 0 Å². The number of rotatable bonds is 16. The van der Waals surface area contributed by atoms with Crippen LogP contribution >= 0.6 is 11.8 Å². The number of ether oxygens (including phenoxy) is 1. The van der Waals surface area contributed by atoms with E-state index in [2.05, 4.69) is 63.4 Å². The van der Waals surface area contributed by atoms with Gasteiger partial charge in [-0.05, 0) is 49.4 Å². The number of thioether (sulfide) groups is 1. The second kappa shape index (κ2) is 16.0. The summed E-state index contributed by atoms with van der Waals surface area (Å²) in [7, 11) is 0. The minimum atomic E-state index is -0.645. The quantitative estimate of drug-likeness (QED) is 0.0643. The second-order valence-corrected chi connectivity index (χ2v) is 16.4. The number of hydrogen-bond acceptors (Lipinski definition) is 5. The highest BCUT2D eigenvalue weighted by Crippen LogP contribution is 2.68. The number of hydrogen-bond donors (Lipinski definition) is 1. The summed E-state index contributed by atoms with van der Waals surface area (Å²) in [6, 6.07) is 4.18. The van der Waals surface area contributed by atoms with Crippen LogP contribution in [0.2, 0.25) is 0 Å². The van der Waals surface area contributed by atoms with Gasteiger partial charge >= 0.3 is 5.97 Å². The number of esters is 1. The summed E-state index contributed by atoms with van der Waals surface area (Å²) in [5, 5.41) is 11.7. The Labute approximate surface area is 278 Å². The largest absolute Gasteiger partial charge is 0.461 e. The van der Waals surface area contributed by atoms with Crippen molar-refractivity contribution in [3.05, 3.63) is 37.2 Å². The van der Waals surface area contributed by atoms with Crippen molar-refractivity contribution >= 4 is 23.5 Å². The van der Waals surface area contributed by atoms with Crippen molar-refractivity contribution in [2.75, 3.05) is 5.75 Å². The fourth-order valence-corrected chi connectivity index (χ4v) is 9.97. The van der Waals surface area contributed by atoms with Gasteiger partial charge in [-0.15, -0.1) is 18.3 Å².